The molecule has 0 aliphatic rings. The smallest absolute Gasteiger partial charge is 0.501 e. The van der Waals surface area contributed by atoms with Crippen LogP contribution in [0.5, 0.6) is 5.75 Å². The fourth-order valence-corrected chi connectivity index (χ4v) is 3.58. The first-order valence-corrected chi connectivity index (χ1v) is 8.63. The molecule has 0 radical (unpaired) electrons. The van der Waals surface area contributed by atoms with Gasteiger partial charge in [-0.15, -0.1) is 0 Å². The highest BCUT2D eigenvalue weighted by Gasteiger charge is 2.41. The minimum atomic E-state index is -2.80. The minimum Gasteiger partial charge on any atom is -0.501 e. The van der Waals surface area contributed by atoms with Crippen LogP contribution >= 0.6 is 0 Å². The molecule has 0 aliphatic carbocycles. The van der Waals surface area contributed by atoms with Gasteiger partial charge in [0.2, 0.25) is 0 Å². The summed E-state index contributed by atoms with van der Waals surface area (Å²) < 4.78 is 21.9. The Balaban J connectivity index is 2.52. The molecular weight excluding hydrogens is 288 g/mol. The zero-order valence-corrected chi connectivity index (χ0v) is 13.8. The van der Waals surface area contributed by atoms with E-state index in [4.69, 9.17) is 18.0 Å². The van der Waals surface area contributed by atoms with E-state index in [9.17, 15) is 4.79 Å². The molecule has 0 bridgehead atoms. The van der Waals surface area contributed by atoms with Gasteiger partial charge in [0, 0.05) is 25.8 Å². The Morgan fingerprint density at radius 2 is 1.81 bits per heavy atom. The number of hydrogen-bond acceptors (Lipinski definition) is 5. The third-order valence-corrected chi connectivity index (χ3v) is 5.60. The number of carbonyl (C=O) groups excluding carboxylic acids is 1. The highest BCUT2D eigenvalue weighted by Crippen LogP contribution is 2.21. The number of para-hydroxylation sites is 1. The van der Waals surface area contributed by atoms with Crippen LogP contribution in [0.25, 0.3) is 0 Å². The third-order valence-electron chi connectivity index (χ3n) is 2.85. The van der Waals surface area contributed by atoms with Gasteiger partial charge in [-0.1, -0.05) is 24.8 Å². The highest BCUT2D eigenvalue weighted by atomic mass is 28.4. The average Bonchev–Trinajstić information content (AvgIpc) is 2.51. The van der Waals surface area contributed by atoms with Gasteiger partial charge in [-0.3, -0.25) is 0 Å². The van der Waals surface area contributed by atoms with E-state index >= 15 is 0 Å². The predicted molar refractivity (Wildman–Crippen MR) is 82.0 cm³/mol. The number of benzene rings is 1. The van der Waals surface area contributed by atoms with E-state index in [-0.39, 0.29) is 12.6 Å². The summed E-state index contributed by atoms with van der Waals surface area (Å²) in [7, 11) is 0.339. The van der Waals surface area contributed by atoms with Gasteiger partial charge in [-0.25, -0.2) is 4.79 Å². The summed E-state index contributed by atoms with van der Waals surface area (Å²) in [5.41, 5.74) is 0.387. The Morgan fingerprint density at radius 1 is 1.19 bits per heavy atom. The normalized spacial score (nSPS) is 11.0. The van der Waals surface area contributed by atoms with Gasteiger partial charge in [0.15, 0.2) is 0 Å². The molecule has 5 nitrogen and oxygen atoms in total. The molecule has 116 valence electrons. The van der Waals surface area contributed by atoms with Gasteiger partial charge in [0.05, 0.1) is 6.61 Å². The maximum Gasteiger partial charge on any atom is 0.565 e. The van der Waals surface area contributed by atoms with Gasteiger partial charge in [0.1, 0.15) is 5.75 Å². The maximum absolute atomic E-state index is 11.3. The van der Waals surface area contributed by atoms with Crippen molar-refractivity contribution in [3.8, 4) is 5.75 Å². The fraction of sp³-hybridized carbons (Fsp3) is 0.400. The van der Waals surface area contributed by atoms with E-state index in [2.05, 4.69) is 6.58 Å². The molecule has 0 saturated heterocycles. The van der Waals surface area contributed by atoms with Crippen LogP contribution in [-0.2, 0) is 18.4 Å². The van der Waals surface area contributed by atoms with Crippen LogP contribution in [0.15, 0.2) is 42.5 Å². The lowest BCUT2D eigenvalue weighted by molar-refractivity contribution is -0.139. The van der Waals surface area contributed by atoms with Crippen molar-refractivity contribution in [1.82, 2.24) is 0 Å². The topological polar surface area (TPSA) is 54.0 Å². The van der Waals surface area contributed by atoms with Crippen LogP contribution in [0.1, 0.15) is 13.3 Å². The summed E-state index contributed by atoms with van der Waals surface area (Å²) in [6.45, 7) is 5.43. The number of carbonyl (C=O) groups is 1. The van der Waals surface area contributed by atoms with E-state index in [1.807, 2.05) is 30.3 Å². The lowest BCUT2D eigenvalue weighted by Gasteiger charge is -2.26. The van der Waals surface area contributed by atoms with Crippen LogP contribution in [-0.4, -0.2) is 35.6 Å². The largest absolute Gasteiger partial charge is 0.565 e. The summed E-state index contributed by atoms with van der Waals surface area (Å²) in [6.07, 6.45) is 0.597. The van der Waals surface area contributed by atoms with Crippen molar-refractivity contribution >= 4 is 14.8 Å². The molecule has 0 aliphatic heterocycles. The molecule has 0 fully saturated rings. The van der Waals surface area contributed by atoms with Crippen LogP contribution in [0.2, 0.25) is 6.04 Å². The first-order chi connectivity index (χ1) is 10.0. The van der Waals surface area contributed by atoms with Crippen molar-refractivity contribution in [2.75, 3.05) is 20.8 Å². The molecule has 0 spiro atoms. The minimum absolute atomic E-state index is 0.283. The fourth-order valence-electron chi connectivity index (χ4n) is 1.67. The van der Waals surface area contributed by atoms with Crippen molar-refractivity contribution < 1.29 is 22.8 Å². The second kappa shape index (κ2) is 8.61. The maximum atomic E-state index is 11.3. The number of esters is 1. The average molecular weight is 310 g/mol. The number of rotatable bonds is 9. The molecule has 1 aromatic rings. The van der Waals surface area contributed by atoms with E-state index in [0.717, 1.165) is 0 Å². The molecule has 0 unspecified atom stereocenters. The quantitative estimate of drug-likeness (QED) is 0.304. The summed E-state index contributed by atoms with van der Waals surface area (Å²) in [5, 5.41) is 0. The Labute approximate surface area is 126 Å². The van der Waals surface area contributed by atoms with Crippen LogP contribution < -0.4 is 4.43 Å². The number of hydrogen-bond donors (Lipinski definition) is 0. The number of ether oxygens (including phenoxy) is 1. The zero-order chi connectivity index (χ0) is 15.7. The molecule has 0 N–H and O–H groups in total. The first-order valence-electron chi connectivity index (χ1n) is 6.70. The van der Waals surface area contributed by atoms with E-state index in [1.54, 1.807) is 21.1 Å². The third kappa shape index (κ3) is 5.70. The Morgan fingerprint density at radius 3 is 2.33 bits per heavy atom. The second-order valence-corrected chi connectivity index (χ2v) is 7.41. The van der Waals surface area contributed by atoms with Gasteiger partial charge in [0.25, 0.3) is 0 Å². The van der Waals surface area contributed by atoms with Crippen LogP contribution in [0.4, 0.5) is 0 Å². The molecule has 0 saturated carbocycles. The molecule has 0 amide bonds. The van der Waals surface area contributed by atoms with Gasteiger partial charge in [-0.2, -0.15) is 0 Å². The Hall–Kier alpha value is -1.63. The molecule has 6 heteroatoms. The van der Waals surface area contributed by atoms with Crippen molar-refractivity contribution in [3.05, 3.63) is 42.5 Å². The molecule has 0 heterocycles. The van der Waals surface area contributed by atoms with Crippen molar-refractivity contribution in [2.24, 2.45) is 0 Å². The van der Waals surface area contributed by atoms with E-state index < -0.39 is 8.80 Å². The van der Waals surface area contributed by atoms with E-state index in [1.165, 1.54) is 0 Å². The Kier molecular flexibility index (Phi) is 7.14. The predicted octanol–water partition coefficient (Wildman–Crippen LogP) is 2.81. The van der Waals surface area contributed by atoms with Gasteiger partial charge in [-0.05, 0) is 25.5 Å². The SMILES string of the molecule is C=C(C)C(=O)OCCC[Si](OC)(OC)Oc1ccccc1. The van der Waals surface area contributed by atoms with Crippen LogP contribution in [0.3, 0.4) is 0 Å². The van der Waals surface area contributed by atoms with Crippen molar-refractivity contribution in [3.63, 3.8) is 0 Å². The summed E-state index contributed by atoms with van der Waals surface area (Å²) in [6, 6.07) is 9.93. The van der Waals surface area contributed by atoms with Crippen molar-refractivity contribution in [2.45, 2.75) is 19.4 Å². The van der Waals surface area contributed by atoms with E-state index in [0.29, 0.717) is 23.8 Å². The lowest BCUT2D eigenvalue weighted by Crippen LogP contribution is -2.47. The summed E-state index contributed by atoms with van der Waals surface area (Å²) >= 11 is 0. The molecule has 1 aromatic carbocycles. The molecule has 21 heavy (non-hydrogen) atoms. The monoisotopic (exact) mass is 310 g/mol. The van der Waals surface area contributed by atoms with Crippen LogP contribution in [0, 0.1) is 0 Å². The zero-order valence-electron chi connectivity index (χ0n) is 12.8. The molecule has 1 rings (SSSR count). The molecule has 0 atom stereocenters. The van der Waals surface area contributed by atoms with Gasteiger partial charge < -0.3 is 18.0 Å². The Bertz CT molecular complexity index is 456. The van der Waals surface area contributed by atoms with Gasteiger partial charge >= 0.3 is 14.8 Å². The summed E-state index contributed by atoms with van der Waals surface area (Å²) in [4.78, 5) is 11.3. The second-order valence-electron chi connectivity index (χ2n) is 4.53. The van der Waals surface area contributed by atoms with Crippen molar-refractivity contribution in [1.29, 1.82) is 0 Å². The molecular formula is C15H22O5Si. The first kappa shape index (κ1) is 17.4. The molecule has 0 aromatic heterocycles. The highest BCUT2D eigenvalue weighted by molar-refractivity contribution is 6.61. The summed E-state index contributed by atoms with van der Waals surface area (Å²) in [5.74, 6) is 0.313. The lowest BCUT2D eigenvalue weighted by atomic mass is 10.3. The standard InChI is InChI=1S/C15H22O5Si/c1-13(2)15(16)19-11-8-12-21(17-3,18-4)20-14-9-6-5-7-10-14/h5-7,9-10H,1,8,11-12H2,2-4H3.